The molecule has 9 heteroatoms. The fraction of sp³-hybridized carbons (Fsp3) is 0.450. The number of aryl methyl sites for hydroxylation is 2. The van der Waals surface area contributed by atoms with Crippen LogP contribution in [0.5, 0.6) is 0 Å². The number of pyridine rings is 1. The molecule has 4 rings (SSSR count). The lowest BCUT2D eigenvalue weighted by Gasteiger charge is -2.18. The number of nitrogens with one attached hydrogen (secondary N) is 1. The second-order valence-electron chi connectivity index (χ2n) is 7.21. The van der Waals surface area contributed by atoms with Gasteiger partial charge in [-0.15, -0.1) is 10.2 Å². The maximum Gasteiger partial charge on any atom is 0.267 e. The first-order valence-electron chi connectivity index (χ1n) is 9.83. The van der Waals surface area contributed by atoms with Crippen LogP contribution in [0.4, 0.5) is 0 Å². The summed E-state index contributed by atoms with van der Waals surface area (Å²) in [6, 6.07) is 7.02. The third-order valence-electron chi connectivity index (χ3n) is 5.16. The van der Waals surface area contributed by atoms with Crippen molar-refractivity contribution < 1.29 is 4.79 Å². The topological polar surface area (TPSA) is 94.2 Å². The number of amides is 1. The molecule has 29 heavy (non-hydrogen) atoms. The predicted octanol–water partition coefficient (Wildman–Crippen LogP) is 1.78. The minimum atomic E-state index is -0.291. The van der Waals surface area contributed by atoms with Crippen molar-refractivity contribution in [1.29, 1.82) is 0 Å². The van der Waals surface area contributed by atoms with E-state index in [2.05, 4.69) is 20.6 Å². The first-order chi connectivity index (χ1) is 14.2. The lowest BCUT2D eigenvalue weighted by molar-refractivity contribution is -0.122. The van der Waals surface area contributed by atoms with Gasteiger partial charge in [-0.3, -0.25) is 14.0 Å². The smallest absolute Gasteiger partial charge is 0.267 e. The summed E-state index contributed by atoms with van der Waals surface area (Å²) in [6.07, 6.45) is 8.54. The maximum absolute atomic E-state index is 12.8. The minimum Gasteiger partial charge on any atom is -0.344 e. The van der Waals surface area contributed by atoms with Gasteiger partial charge in [-0.1, -0.05) is 6.07 Å². The Balaban J connectivity index is 1.53. The van der Waals surface area contributed by atoms with E-state index in [4.69, 9.17) is 0 Å². The number of carbonyl (C=O) groups excluding carboxylic acids is 1. The largest absolute Gasteiger partial charge is 0.344 e. The van der Waals surface area contributed by atoms with Gasteiger partial charge in [0, 0.05) is 12.3 Å². The summed E-state index contributed by atoms with van der Waals surface area (Å²) in [4.78, 5) is 25.1. The molecule has 1 aliphatic rings. The van der Waals surface area contributed by atoms with Crippen molar-refractivity contribution in [2.45, 2.75) is 44.7 Å². The summed E-state index contributed by atoms with van der Waals surface area (Å²) in [5.74, 6) is 1.30. The van der Waals surface area contributed by atoms with Crippen LogP contribution in [0.15, 0.2) is 35.3 Å². The van der Waals surface area contributed by atoms with Gasteiger partial charge >= 0.3 is 0 Å². The molecule has 3 aromatic heterocycles. The summed E-state index contributed by atoms with van der Waals surface area (Å²) in [7, 11) is 0. The number of rotatable bonds is 7. The zero-order valence-corrected chi connectivity index (χ0v) is 17.2. The summed E-state index contributed by atoms with van der Waals surface area (Å²) >= 11 is 1.71. The minimum absolute atomic E-state index is 0.0986. The molecule has 1 aliphatic carbocycles. The first kappa shape index (κ1) is 19.6. The van der Waals surface area contributed by atoms with Crippen LogP contribution in [0.3, 0.4) is 0 Å². The highest BCUT2D eigenvalue weighted by Gasteiger charge is 2.21. The van der Waals surface area contributed by atoms with Crippen LogP contribution in [0, 0.1) is 0 Å². The fourth-order valence-corrected chi connectivity index (χ4v) is 4.16. The van der Waals surface area contributed by atoms with E-state index in [1.807, 2.05) is 35.1 Å². The zero-order chi connectivity index (χ0) is 20.2. The Morgan fingerprint density at radius 1 is 1.28 bits per heavy atom. The number of hydrogen-bond acceptors (Lipinski definition) is 6. The molecule has 0 saturated carbocycles. The fourth-order valence-electron chi connectivity index (χ4n) is 3.69. The molecule has 0 radical (unpaired) electrons. The summed E-state index contributed by atoms with van der Waals surface area (Å²) in [6.45, 7) is -0.0986. The number of thioether (sulfide) groups is 1. The van der Waals surface area contributed by atoms with Gasteiger partial charge in [-0.25, -0.2) is 4.68 Å². The van der Waals surface area contributed by atoms with Crippen LogP contribution >= 0.6 is 11.8 Å². The van der Waals surface area contributed by atoms with E-state index in [1.165, 1.54) is 4.68 Å². The summed E-state index contributed by atoms with van der Waals surface area (Å²) in [5.41, 5.74) is 2.46. The Morgan fingerprint density at radius 2 is 2.14 bits per heavy atom. The van der Waals surface area contributed by atoms with Crippen molar-refractivity contribution in [1.82, 2.24) is 29.7 Å². The van der Waals surface area contributed by atoms with E-state index in [9.17, 15) is 9.59 Å². The van der Waals surface area contributed by atoms with E-state index in [0.717, 1.165) is 54.8 Å². The van der Waals surface area contributed by atoms with Gasteiger partial charge in [-0.2, -0.15) is 16.9 Å². The van der Waals surface area contributed by atoms with Crippen molar-refractivity contribution in [3.63, 3.8) is 0 Å². The van der Waals surface area contributed by atoms with Crippen LogP contribution < -0.4 is 10.9 Å². The van der Waals surface area contributed by atoms with Crippen molar-refractivity contribution >= 4 is 23.3 Å². The quantitative estimate of drug-likeness (QED) is 0.636. The normalized spacial score (nSPS) is 14.5. The second-order valence-corrected chi connectivity index (χ2v) is 8.19. The number of fused-ring (bicyclic) bond motifs is 2. The molecule has 0 aromatic carbocycles. The molecule has 0 aliphatic heterocycles. The lowest BCUT2D eigenvalue weighted by Crippen LogP contribution is -2.37. The standard InChI is InChI=1S/C20H24N6O2S/c1-29-11-9-16(20-23-22-17-8-4-5-10-25(17)20)21-18(27)13-26-19(28)12-14-6-2-3-7-15(14)24-26/h4-5,8,10,12,16H,2-3,6-7,9,11,13H2,1H3,(H,21,27). The molecule has 3 aromatic rings. The molecule has 1 amide bonds. The SMILES string of the molecule is CSCCC(NC(=O)Cn1nc2c(cc1=O)CCCC2)c1nnc2ccccn12. The molecule has 152 valence electrons. The van der Waals surface area contributed by atoms with Crippen molar-refractivity contribution in [2.75, 3.05) is 12.0 Å². The Bertz CT molecular complexity index is 1080. The highest BCUT2D eigenvalue weighted by molar-refractivity contribution is 7.98. The molecular formula is C20H24N6O2S. The Morgan fingerprint density at radius 3 is 3.00 bits per heavy atom. The molecule has 1 unspecified atom stereocenters. The van der Waals surface area contributed by atoms with Gasteiger partial charge in [0.05, 0.1) is 11.7 Å². The van der Waals surface area contributed by atoms with Crippen LogP contribution in [0.1, 0.15) is 42.4 Å². The number of aromatic nitrogens is 5. The van der Waals surface area contributed by atoms with Crippen molar-refractivity contribution in [3.05, 3.63) is 57.9 Å². The van der Waals surface area contributed by atoms with Gasteiger partial charge in [0.15, 0.2) is 11.5 Å². The van der Waals surface area contributed by atoms with Gasteiger partial charge in [0.25, 0.3) is 5.56 Å². The Hall–Kier alpha value is -2.68. The van der Waals surface area contributed by atoms with E-state index in [1.54, 1.807) is 17.8 Å². The van der Waals surface area contributed by atoms with Gasteiger partial charge < -0.3 is 5.32 Å². The van der Waals surface area contributed by atoms with E-state index in [-0.39, 0.29) is 24.1 Å². The molecule has 0 fully saturated rings. The number of carbonyl (C=O) groups is 1. The first-order valence-corrected chi connectivity index (χ1v) is 11.2. The monoisotopic (exact) mass is 412 g/mol. The molecule has 1 N–H and O–H groups in total. The van der Waals surface area contributed by atoms with E-state index in [0.29, 0.717) is 5.82 Å². The summed E-state index contributed by atoms with van der Waals surface area (Å²) in [5, 5.41) is 15.9. The lowest BCUT2D eigenvalue weighted by atomic mass is 9.97. The third kappa shape index (κ3) is 4.34. The van der Waals surface area contributed by atoms with Gasteiger partial charge in [0.2, 0.25) is 5.91 Å². The molecule has 0 bridgehead atoms. The van der Waals surface area contributed by atoms with Gasteiger partial charge in [0.1, 0.15) is 6.54 Å². The van der Waals surface area contributed by atoms with E-state index >= 15 is 0 Å². The molecular weight excluding hydrogens is 388 g/mol. The van der Waals surface area contributed by atoms with Crippen molar-refractivity contribution in [3.8, 4) is 0 Å². The van der Waals surface area contributed by atoms with Crippen molar-refractivity contribution in [2.24, 2.45) is 0 Å². The second kappa shape index (κ2) is 8.77. The molecule has 8 nitrogen and oxygen atoms in total. The zero-order valence-electron chi connectivity index (χ0n) is 16.4. The van der Waals surface area contributed by atoms with Crippen LogP contribution in [0.25, 0.3) is 5.65 Å². The Kier molecular flexibility index (Phi) is 5.94. The highest BCUT2D eigenvalue weighted by atomic mass is 32.2. The Labute approximate surface area is 172 Å². The average molecular weight is 413 g/mol. The molecule has 0 spiro atoms. The average Bonchev–Trinajstić information content (AvgIpc) is 3.16. The highest BCUT2D eigenvalue weighted by Crippen LogP contribution is 2.19. The van der Waals surface area contributed by atoms with Crippen LogP contribution in [-0.2, 0) is 24.2 Å². The van der Waals surface area contributed by atoms with Crippen LogP contribution in [-0.4, -0.2) is 42.3 Å². The van der Waals surface area contributed by atoms with Crippen LogP contribution in [0.2, 0.25) is 0 Å². The summed E-state index contributed by atoms with van der Waals surface area (Å²) < 4.78 is 3.15. The van der Waals surface area contributed by atoms with Gasteiger partial charge in [-0.05, 0) is 61.8 Å². The maximum atomic E-state index is 12.8. The molecule has 3 heterocycles. The number of nitrogens with zero attached hydrogens (tertiary/aromatic N) is 5. The molecule has 1 atom stereocenters. The molecule has 0 saturated heterocycles. The number of hydrogen-bond donors (Lipinski definition) is 1. The van der Waals surface area contributed by atoms with E-state index < -0.39 is 0 Å². The predicted molar refractivity (Wildman–Crippen MR) is 112 cm³/mol. The third-order valence-corrected chi connectivity index (χ3v) is 5.81.